The van der Waals surface area contributed by atoms with Gasteiger partial charge in [0.15, 0.2) is 5.78 Å². The molecule has 0 amide bonds. The molecule has 0 radical (unpaired) electrons. The Morgan fingerprint density at radius 2 is 1.43 bits per heavy atom. The van der Waals surface area contributed by atoms with Crippen LogP contribution in [0.1, 0.15) is 31.9 Å². The predicted molar refractivity (Wildman–Crippen MR) is 113 cm³/mol. The normalized spacial score (nSPS) is 14.3. The lowest BCUT2D eigenvalue weighted by Gasteiger charge is -2.28. The van der Waals surface area contributed by atoms with Crippen molar-refractivity contribution in [3.63, 3.8) is 0 Å². The number of esters is 2. The van der Waals surface area contributed by atoms with Crippen molar-refractivity contribution in [1.29, 1.82) is 0 Å². The van der Waals surface area contributed by atoms with Gasteiger partial charge in [0.1, 0.15) is 18.1 Å². The van der Waals surface area contributed by atoms with Crippen LogP contribution in [-0.2, 0) is 36.9 Å². The molecule has 2 N–H and O–H groups in total. The molecule has 0 saturated heterocycles. The zero-order valence-corrected chi connectivity index (χ0v) is 18.0. The van der Waals surface area contributed by atoms with Gasteiger partial charge in [0.2, 0.25) is 5.00 Å². The number of Topliss-reactive ketones (excluding diaryl/α,β-unsaturated/α-hetero) is 1. The summed E-state index contributed by atoms with van der Waals surface area (Å²) in [7, 11) is 0. The van der Waals surface area contributed by atoms with Gasteiger partial charge in [0.05, 0.1) is 0 Å². The molecular formula is C23H26ClNO5. The van der Waals surface area contributed by atoms with Crippen LogP contribution in [0.2, 0.25) is 0 Å². The first-order valence-corrected chi connectivity index (χ1v) is 9.88. The molecule has 0 spiro atoms. The maximum absolute atomic E-state index is 13.1. The van der Waals surface area contributed by atoms with E-state index in [0.29, 0.717) is 5.56 Å². The van der Waals surface area contributed by atoms with Gasteiger partial charge >= 0.3 is 11.9 Å². The second kappa shape index (κ2) is 9.87. The fourth-order valence-electron chi connectivity index (χ4n) is 2.67. The van der Waals surface area contributed by atoms with Crippen molar-refractivity contribution in [2.75, 3.05) is 0 Å². The largest absolute Gasteiger partial charge is 0.460 e. The van der Waals surface area contributed by atoms with Crippen molar-refractivity contribution >= 4 is 29.3 Å². The average Bonchev–Trinajstić information content (AvgIpc) is 2.70. The molecule has 2 atom stereocenters. The lowest BCUT2D eigenvalue weighted by atomic mass is 9.91. The van der Waals surface area contributed by atoms with E-state index in [1.165, 1.54) is 0 Å². The minimum atomic E-state index is -2.52. The molecule has 6 nitrogen and oxygen atoms in total. The highest BCUT2D eigenvalue weighted by Crippen LogP contribution is 2.24. The topological polar surface area (TPSA) is 95.7 Å². The Hall–Kier alpha value is -2.70. The number of benzene rings is 2. The van der Waals surface area contributed by atoms with E-state index >= 15 is 0 Å². The van der Waals surface area contributed by atoms with Gasteiger partial charge in [0.25, 0.3) is 0 Å². The molecule has 0 heterocycles. The Morgan fingerprint density at radius 3 is 1.93 bits per heavy atom. The fraction of sp³-hybridized carbons (Fsp3) is 0.348. The van der Waals surface area contributed by atoms with E-state index in [-0.39, 0.29) is 13.0 Å². The number of halogens is 1. The molecule has 160 valence electrons. The maximum atomic E-state index is 13.1. The third kappa shape index (κ3) is 6.68. The van der Waals surface area contributed by atoms with E-state index < -0.39 is 34.2 Å². The first-order valence-electron chi connectivity index (χ1n) is 9.51. The molecule has 30 heavy (non-hydrogen) atoms. The zero-order valence-electron chi connectivity index (χ0n) is 17.3. The van der Waals surface area contributed by atoms with Gasteiger partial charge in [0, 0.05) is 0 Å². The highest BCUT2D eigenvalue weighted by atomic mass is 35.5. The van der Waals surface area contributed by atoms with Crippen LogP contribution in [0.3, 0.4) is 0 Å². The Balaban J connectivity index is 2.24. The molecule has 0 aromatic heterocycles. The van der Waals surface area contributed by atoms with E-state index in [1.54, 1.807) is 57.2 Å². The summed E-state index contributed by atoms with van der Waals surface area (Å²) in [4.78, 5) is 35.8. The summed E-state index contributed by atoms with van der Waals surface area (Å²) in [6.07, 6.45) is -0.0121. The highest BCUT2D eigenvalue weighted by molar-refractivity contribution is 6.46. The number of rotatable bonds is 8. The number of hydrogen-bond acceptors (Lipinski definition) is 6. The Kier molecular flexibility index (Phi) is 7.76. The number of hydrogen-bond donors (Lipinski definition) is 1. The van der Waals surface area contributed by atoms with Crippen molar-refractivity contribution in [2.45, 2.75) is 44.4 Å². The minimum absolute atomic E-state index is 0.0121. The molecule has 0 bridgehead atoms. The summed E-state index contributed by atoms with van der Waals surface area (Å²) in [5.74, 6) is -4.27. The van der Waals surface area contributed by atoms with E-state index in [4.69, 9.17) is 26.8 Å². The molecule has 2 aromatic rings. The smallest absolute Gasteiger partial charge is 0.350 e. The summed E-state index contributed by atoms with van der Waals surface area (Å²) in [5.41, 5.74) is 6.40. The monoisotopic (exact) mass is 431 g/mol. The first kappa shape index (κ1) is 23.6. The average molecular weight is 432 g/mol. The van der Waals surface area contributed by atoms with Gasteiger partial charge in [-0.3, -0.25) is 15.3 Å². The van der Waals surface area contributed by atoms with Gasteiger partial charge in [-0.05, 0) is 38.3 Å². The number of ether oxygens (including phenoxy) is 2. The van der Waals surface area contributed by atoms with E-state index in [0.717, 1.165) is 5.56 Å². The highest BCUT2D eigenvalue weighted by Gasteiger charge is 2.49. The molecule has 2 aromatic carbocycles. The van der Waals surface area contributed by atoms with Crippen LogP contribution in [-0.4, -0.2) is 28.3 Å². The molecule has 0 aliphatic heterocycles. The van der Waals surface area contributed by atoms with Crippen LogP contribution in [0.4, 0.5) is 0 Å². The SMILES string of the molecule is CC(C)(C)OC(=O)C(N)(Cl)C(=O)[C@H](Cc1ccccc1)C(=O)OCc1ccccc1. The van der Waals surface area contributed by atoms with Gasteiger partial charge in [-0.2, -0.15) is 0 Å². The van der Waals surface area contributed by atoms with Gasteiger partial charge < -0.3 is 9.47 Å². The lowest BCUT2D eigenvalue weighted by molar-refractivity contribution is -0.162. The van der Waals surface area contributed by atoms with E-state index in [9.17, 15) is 14.4 Å². The summed E-state index contributed by atoms with van der Waals surface area (Å²) in [6, 6.07) is 17.9. The molecule has 0 fully saturated rings. The Morgan fingerprint density at radius 1 is 0.933 bits per heavy atom. The number of alkyl halides is 1. The lowest BCUT2D eigenvalue weighted by Crippen LogP contribution is -2.56. The molecule has 0 saturated carbocycles. The third-order valence-corrected chi connectivity index (χ3v) is 4.50. The van der Waals surface area contributed by atoms with E-state index in [1.807, 2.05) is 24.3 Å². The van der Waals surface area contributed by atoms with Crippen LogP contribution >= 0.6 is 11.6 Å². The van der Waals surface area contributed by atoms with Crippen LogP contribution in [0.5, 0.6) is 0 Å². The third-order valence-electron chi connectivity index (χ3n) is 4.16. The maximum Gasteiger partial charge on any atom is 0.350 e. The van der Waals surface area contributed by atoms with Crippen molar-refractivity contribution in [3.05, 3.63) is 71.8 Å². The van der Waals surface area contributed by atoms with Crippen molar-refractivity contribution in [3.8, 4) is 0 Å². The fourth-order valence-corrected chi connectivity index (χ4v) is 2.84. The predicted octanol–water partition coefficient (Wildman–Crippen LogP) is 3.39. The number of ketones is 1. The molecule has 0 aliphatic rings. The van der Waals surface area contributed by atoms with Crippen LogP contribution < -0.4 is 5.73 Å². The van der Waals surface area contributed by atoms with Gasteiger partial charge in [-0.1, -0.05) is 72.3 Å². The number of carbonyl (C=O) groups excluding carboxylic acids is 3. The summed E-state index contributed by atoms with van der Waals surface area (Å²) < 4.78 is 10.5. The first-order chi connectivity index (χ1) is 14.0. The summed E-state index contributed by atoms with van der Waals surface area (Å²) >= 11 is 6.11. The molecule has 0 aliphatic carbocycles. The molecule has 7 heteroatoms. The number of carbonyl (C=O) groups is 3. The molecule has 1 unspecified atom stereocenters. The van der Waals surface area contributed by atoms with Crippen molar-refractivity contribution < 1.29 is 23.9 Å². The minimum Gasteiger partial charge on any atom is -0.460 e. The molecular weight excluding hydrogens is 406 g/mol. The van der Waals surface area contributed by atoms with E-state index in [2.05, 4.69) is 0 Å². The Bertz CT molecular complexity index is 875. The van der Waals surface area contributed by atoms with Gasteiger partial charge in [-0.25, -0.2) is 4.79 Å². The van der Waals surface area contributed by atoms with Gasteiger partial charge in [-0.15, -0.1) is 0 Å². The van der Waals surface area contributed by atoms with Crippen molar-refractivity contribution in [2.24, 2.45) is 11.7 Å². The second-order valence-corrected chi connectivity index (χ2v) is 8.51. The Labute approximate surface area is 181 Å². The number of nitrogens with two attached hydrogens (primary N) is 1. The molecule has 2 rings (SSSR count). The summed E-state index contributed by atoms with van der Waals surface area (Å²) in [5, 5.41) is 0. The van der Waals surface area contributed by atoms with Crippen LogP contribution in [0.15, 0.2) is 60.7 Å². The van der Waals surface area contributed by atoms with Crippen molar-refractivity contribution in [1.82, 2.24) is 0 Å². The quantitative estimate of drug-likeness (QED) is 0.298. The van der Waals surface area contributed by atoms with Crippen LogP contribution in [0.25, 0.3) is 0 Å². The second-order valence-electron chi connectivity index (χ2n) is 7.91. The standard InChI is InChI=1S/C23H26ClNO5/c1-22(2,3)30-21(28)23(24,25)19(26)18(14-16-10-6-4-7-11-16)20(27)29-15-17-12-8-5-9-13-17/h4-13,18H,14-15,25H2,1-3H3/t18-,23?/m0/s1. The van der Waals surface area contributed by atoms with Crippen LogP contribution in [0, 0.1) is 5.92 Å². The summed E-state index contributed by atoms with van der Waals surface area (Å²) in [6.45, 7) is 4.85. The zero-order chi connectivity index (χ0) is 22.4.